The first kappa shape index (κ1) is 15.7. The molecule has 120 valence electrons. The van der Waals surface area contributed by atoms with Gasteiger partial charge in [-0.3, -0.25) is 4.79 Å². The molecule has 0 fully saturated rings. The summed E-state index contributed by atoms with van der Waals surface area (Å²) in [6.07, 6.45) is 0. The van der Waals surface area contributed by atoms with E-state index in [9.17, 15) is 4.79 Å². The molecule has 1 aliphatic carbocycles. The Morgan fingerprint density at radius 2 is 1.61 bits per heavy atom. The molecule has 0 radical (unpaired) electrons. The molecule has 0 N–H and O–H groups in total. The zero-order valence-electron chi connectivity index (χ0n) is 14.7. The molecule has 2 aliphatic rings. The Balaban J connectivity index is 2.45. The highest BCUT2D eigenvalue weighted by Crippen LogP contribution is 2.36. The summed E-state index contributed by atoms with van der Waals surface area (Å²) >= 11 is 0. The van der Waals surface area contributed by atoms with Crippen LogP contribution in [0.15, 0.2) is 39.5 Å². The molecular weight excluding hydrogens is 286 g/mol. The van der Waals surface area contributed by atoms with E-state index in [1.54, 1.807) is 6.07 Å². The molecule has 1 aliphatic heterocycles. The zero-order chi connectivity index (χ0) is 17.0. The van der Waals surface area contributed by atoms with Gasteiger partial charge in [0.25, 0.3) is 0 Å². The number of fused-ring (bicyclic) bond motifs is 2. The second-order valence-electron chi connectivity index (χ2n) is 8.22. The Labute approximate surface area is 136 Å². The molecule has 0 atom stereocenters. The predicted octanol–water partition coefficient (Wildman–Crippen LogP) is 4.89. The highest BCUT2D eigenvalue weighted by Gasteiger charge is 2.25. The zero-order valence-corrected chi connectivity index (χ0v) is 14.7. The third kappa shape index (κ3) is 2.88. The van der Waals surface area contributed by atoms with Gasteiger partial charge in [0, 0.05) is 11.6 Å². The molecule has 3 nitrogen and oxygen atoms in total. The maximum absolute atomic E-state index is 11.6. The third-order valence-electron chi connectivity index (χ3n) is 4.13. The van der Waals surface area contributed by atoms with Gasteiger partial charge in [0.2, 0.25) is 0 Å². The van der Waals surface area contributed by atoms with Crippen molar-refractivity contribution in [2.24, 2.45) is 0 Å². The number of rotatable bonds is 0. The van der Waals surface area contributed by atoms with Crippen molar-refractivity contribution in [1.82, 2.24) is 4.98 Å². The summed E-state index contributed by atoms with van der Waals surface area (Å²) in [4.78, 5) is 16.3. The fourth-order valence-electron chi connectivity index (χ4n) is 2.70. The normalized spacial score (nSPS) is 13.0. The number of hydrogen-bond donors (Lipinski definition) is 0. The minimum absolute atomic E-state index is 0.0315. The lowest BCUT2D eigenvalue weighted by Gasteiger charge is -2.26. The van der Waals surface area contributed by atoms with Crippen molar-refractivity contribution < 1.29 is 4.42 Å². The van der Waals surface area contributed by atoms with E-state index in [2.05, 4.69) is 53.7 Å². The van der Waals surface area contributed by atoms with Gasteiger partial charge in [0.1, 0.15) is 11.2 Å². The summed E-state index contributed by atoms with van der Waals surface area (Å²) in [6.45, 7) is 13.1. The summed E-state index contributed by atoms with van der Waals surface area (Å²) in [7, 11) is 0. The van der Waals surface area contributed by atoms with Crippen molar-refractivity contribution in [3.63, 3.8) is 0 Å². The van der Waals surface area contributed by atoms with E-state index in [0.29, 0.717) is 11.5 Å². The van der Waals surface area contributed by atoms with Crippen LogP contribution in [-0.2, 0) is 10.8 Å². The molecule has 0 saturated carbocycles. The topological polar surface area (TPSA) is 43.1 Å². The van der Waals surface area contributed by atoms with E-state index in [1.165, 1.54) is 17.7 Å². The smallest absolute Gasteiger partial charge is 0.182 e. The van der Waals surface area contributed by atoms with E-state index in [1.807, 2.05) is 0 Å². The van der Waals surface area contributed by atoms with Crippen LogP contribution in [-0.4, -0.2) is 4.98 Å². The van der Waals surface area contributed by atoms with Gasteiger partial charge in [0.05, 0.1) is 0 Å². The molecule has 1 aromatic carbocycles. The van der Waals surface area contributed by atoms with Gasteiger partial charge in [-0.05, 0) is 34.6 Å². The summed E-state index contributed by atoms with van der Waals surface area (Å²) in [5, 5.41) is 0. The Morgan fingerprint density at radius 1 is 0.913 bits per heavy atom. The number of benzene rings is 2. The minimum atomic E-state index is -0.0760. The molecule has 23 heavy (non-hydrogen) atoms. The molecule has 0 unspecified atom stereocenters. The number of nitrogens with zero attached hydrogens (tertiary/aromatic N) is 1. The predicted molar refractivity (Wildman–Crippen MR) is 94.3 cm³/mol. The van der Waals surface area contributed by atoms with Gasteiger partial charge in [-0.1, -0.05) is 47.6 Å². The number of hydrogen-bond acceptors (Lipinski definition) is 3. The molecule has 1 heterocycles. The molecule has 3 heteroatoms. The fraction of sp³-hybridized carbons (Fsp3) is 0.400. The van der Waals surface area contributed by atoms with Gasteiger partial charge in [-0.25, -0.2) is 4.98 Å². The average Bonchev–Trinajstić information content (AvgIpc) is 2.41. The van der Waals surface area contributed by atoms with E-state index in [0.717, 1.165) is 16.7 Å². The lowest BCUT2D eigenvalue weighted by Crippen LogP contribution is -2.17. The summed E-state index contributed by atoms with van der Waals surface area (Å²) in [5.41, 5.74) is 4.56. The van der Waals surface area contributed by atoms with Crippen molar-refractivity contribution in [2.45, 2.75) is 52.4 Å². The van der Waals surface area contributed by atoms with Gasteiger partial charge in [0.15, 0.2) is 16.8 Å². The van der Waals surface area contributed by atoms with Crippen molar-refractivity contribution in [3.05, 3.63) is 51.7 Å². The van der Waals surface area contributed by atoms with Crippen LogP contribution in [0.5, 0.6) is 0 Å². The largest absolute Gasteiger partial charge is 0.452 e. The molecule has 0 aromatic heterocycles. The second-order valence-corrected chi connectivity index (χ2v) is 8.22. The Bertz CT molecular complexity index is 908. The highest BCUT2D eigenvalue weighted by molar-refractivity contribution is 5.81. The van der Waals surface area contributed by atoms with Crippen LogP contribution in [0.4, 0.5) is 0 Å². The average molecular weight is 309 g/mol. The fourth-order valence-corrected chi connectivity index (χ4v) is 2.70. The molecular formula is C20H23NO2. The van der Waals surface area contributed by atoms with Crippen LogP contribution in [0.2, 0.25) is 0 Å². The first-order valence-corrected chi connectivity index (χ1v) is 7.95. The van der Waals surface area contributed by atoms with Crippen LogP contribution >= 0.6 is 0 Å². The van der Waals surface area contributed by atoms with Crippen LogP contribution in [0.1, 0.15) is 52.7 Å². The monoisotopic (exact) mass is 309 g/mol. The van der Waals surface area contributed by atoms with Gasteiger partial charge in [-0.15, -0.1) is 0 Å². The van der Waals surface area contributed by atoms with Gasteiger partial charge in [-0.2, -0.15) is 0 Å². The Hall–Kier alpha value is -2.16. The van der Waals surface area contributed by atoms with E-state index >= 15 is 0 Å². The van der Waals surface area contributed by atoms with Gasteiger partial charge >= 0.3 is 0 Å². The quantitative estimate of drug-likeness (QED) is 0.555. The molecule has 0 saturated heterocycles. The molecule has 3 rings (SSSR count). The highest BCUT2D eigenvalue weighted by atomic mass is 16.3. The van der Waals surface area contributed by atoms with E-state index < -0.39 is 0 Å². The van der Waals surface area contributed by atoms with Crippen LogP contribution in [0.25, 0.3) is 22.6 Å². The van der Waals surface area contributed by atoms with E-state index in [4.69, 9.17) is 9.40 Å². The van der Waals surface area contributed by atoms with Gasteiger partial charge < -0.3 is 4.42 Å². The van der Waals surface area contributed by atoms with Crippen LogP contribution in [0.3, 0.4) is 0 Å². The Morgan fingerprint density at radius 3 is 2.22 bits per heavy atom. The third-order valence-corrected chi connectivity index (χ3v) is 4.13. The molecule has 0 spiro atoms. The molecule has 0 bridgehead atoms. The second kappa shape index (κ2) is 4.92. The maximum Gasteiger partial charge on any atom is 0.182 e. The summed E-state index contributed by atoms with van der Waals surface area (Å²) < 4.78 is 6.09. The Kier molecular flexibility index (Phi) is 3.36. The molecule has 0 amide bonds. The first-order valence-electron chi connectivity index (χ1n) is 7.95. The van der Waals surface area contributed by atoms with Crippen molar-refractivity contribution in [1.29, 1.82) is 0 Å². The summed E-state index contributed by atoms with van der Waals surface area (Å²) in [6, 6.07) is 9.06. The molecule has 1 aromatic rings. The SMILES string of the molecule is CC(C)(C)c1cc(C(C)(C)C)c2oc3cc(=O)ccc-3nc2c1. The summed E-state index contributed by atoms with van der Waals surface area (Å²) in [5.74, 6) is 0.541. The number of aromatic nitrogens is 1. The van der Waals surface area contributed by atoms with Crippen LogP contribution < -0.4 is 5.43 Å². The minimum Gasteiger partial charge on any atom is -0.452 e. The lowest BCUT2D eigenvalue weighted by molar-refractivity contribution is 0.546. The van der Waals surface area contributed by atoms with Crippen molar-refractivity contribution in [2.75, 3.05) is 0 Å². The maximum atomic E-state index is 11.6. The first-order chi connectivity index (χ1) is 10.6. The van der Waals surface area contributed by atoms with Crippen molar-refractivity contribution in [3.8, 4) is 11.5 Å². The van der Waals surface area contributed by atoms with E-state index in [-0.39, 0.29) is 16.3 Å². The lowest BCUT2D eigenvalue weighted by atomic mass is 9.80. The van der Waals surface area contributed by atoms with Crippen molar-refractivity contribution >= 4 is 11.1 Å². The van der Waals surface area contributed by atoms with Crippen LogP contribution in [0, 0.1) is 0 Å². The standard InChI is InChI=1S/C20H23NO2/c1-19(2,3)12-9-14(20(4,5)6)18-16(10-12)21-15-8-7-13(22)11-17(15)23-18/h7-11H,1-6H3.